The summed E-state index contributed by atoms with van der Waals surface area (Å²) in [6.45, 7) is 2.18. The Morgan fingerprint density at radius 1 is 1.18 bits per heavy atom. The second-order valence-electron chi connectivity index (χ2n) is 6.64. The van der Waals surface area contributed by atoms with Gasteiger partial charge in [-0.05, 0) is 29.1 Å². The van der Waals surface area contributed by atoms with Gasteiger partial charge in [0.05, 0.1) is 6.54 Å². The normalized spacial score (nSPS) is 14.0. The average molecular weight is 395 g/mol. The molecule has 6 nitrogen and oxygen atoms in total. The second kappa shape index (κ2) is 7.86. The van der Waals surface area contributed by atoms with Crippen LogP contribution in [0.1, 0.15) is 16.1 Å². The van der Waals surface area contributed by atoms with Gasteiger partial charge >= 0.3 is 0 Å². The molecule has 2 amide bonds. The number of rotatable bonds is 4. The topological polar surface area (TPSA) is 74.3 Å². The van der Waals surface area contributed by atoms with Crippen molar-refractivity contribution in [3.8, 4) is 0 Å². The quantitative estimate of drug-likeness (QED) is 0.667. The minimum atomic E-state index is -0.274. The van der Waals surface area contributed by atoms with Crippen molar-refractivity contribution in [2.24, 2.45) is 0 Å². The number of pyridine rings is 1. The molecule has 142 valence electrons. The molecule has 1 aliphatic rings. The third kappa shape index (κ3) is 3.92. The number of halogens is 1. The predicted octanol–water partition coefficient (Wildman–Crippen LogP) is 2.75. The van der Waals surface area contributed by atoms with E-state index in [0.717, 1.165) is 28.6 Å². The molecule has 0 atom stereocenters. The highest BCUT2D eigenvalue weighted by Gasteiger charge is 2.16. The molecule has 7 heteroatoms. The smallest absolute Gasteiger partial charge is 0.270 e. The van der Waals surface area contributed by atoms with Gasteiger partial charge in [0.2, 0.25) is 5.91 Å². The fourth-order valence-corrected chi connectivity index (χ4v) is 3.49. The van der Waals surface area contributed by atoms with E-state index < -0.39 is 0 Å². The Labute approximate surface area is 167 Å². The van der Waals surface area contributed by atoms with E-state index in [0.29, 0.717) is 30.5 Å². The molecular weight excluding hydrogens is 376 g/mol. The molecule has 3 aromatic rings. The van der Waals surface area contributed by atoms with Crippen molar-refractivity contribution in [3.63, 3.8) is 0 Å². The van der Waals surface area contributed by atoms with Crippen molar-refractivity contribution in [3.05, 3.63) is 71.0 Å². The Morgan fingerprint density at radius 2 is 1.96 bits per heavy atom. The predicted molar refractivity (Wildman–Crippen MR) is 110 cm³/mol. The maximum atomic E-state index is 12.5. The largest absolute Gasteiger partial charge is 0.360 e. The average Bonchev–Trinajstić information content (AvgIpc) is 2.72. The Morgan fingerprint density at radius 3 is 2.75 bits per heavy atom. The molecule has 0 unspecified atom stereocenters. The maximum Gasteiger partial charge on any atom is 0.270 e. The molecular formula is C21H19ClN4O2. The Hall–Kier alpha value is -3.12. The number of carbonyl (C=O) groups is 2. The zero-order chi connectivity index (χ0) is 19.5. The monoisotopic (exact) mass is 394 g/mol. The zero-order valence-corrected chi connectivity index (χ0v) is 15.9. The summed E-state index contributed by atoms with van der Waals surface area (Å²) < 4.78 is 0. The molecule has 0 bridgehead atoms. The molecule has 2 aromatic carbocycles. The molecule has 0 saturated carbocycles. The van der Waals surface area contributed by atoms with E-state index in [1.807, 2.05) is 53.4 Å². The first-order valence-electron chi connectivity index (χ1n) is 9.04. The number of anilines is 1. The molecule has 2 heterocycles. The van der Waals surface area contributed by atoms with Crippen LogP contribution in [0.3, 0.4) is 0 Å². The first-order valence-corrected chi connectivity index (χ1v) is 9.42. The molecule has 28 heavy (non-hydrogen) atoms. The summed E-state index contributed by atoms with van der Waals surface area (Å²) in [5.74, 6) is -0.242. The van der Waals surface area contributed by atoms with Crippen molar-refractivity contribution in [2.45, 2.75) is 6.54 Å². The second-order valence-corrected chi connectivity index (χ2v) is 7.00. The van der Waals surface area contributed by atoms with E-state index in [2.05, 4.69) is 15.6 Å². The van der Waals surface area contributed by atoms with Crippen molar-refractivity contribution in [2.75, 3.05) is 24.5 Å². The number of fused-ring (bicyclic) bond motifs is 1. The minimum Gasteiger partial charge on any atom is -0.360 e. The zero-order valence-electron chi connectivity index (χ0n) is 15.1. The number of aromatic nitrogens is 1. The fourth-order valence-electron chi connectivity index (χ4n) is 3.23. The van der Waals surface area contributed by atoms with Crippen molar-refractivity contribution in [1.82, 2.24) is 15.6 Å². The summed E-state index contributed by atoms with van der Waals surface area (Å²) in [7, 11) is 0. The van der Waals surface area contributed by atoms with Crippen LogP contribution in [0.15, 0.2) is 54.6 Å². The summed E-state index contributed by atoms with van der Waals surface area (Å²) in [6, 6.07) is 17.1. The minimum absolute atomic E-state index is 0.0316. The van der Waals surface area contributed by atoms with Crippen LogP contribution in [0.4, 0.5) is 5.69 Å². The van der Waals surface area contributed by atoms with Crippen molar-refractivity contribution in [1.29, 1.82) is 0 Å². The highest BCUT2D eigenvalue weighted by molar-refractivity contribution is 6.34. The van der Waals surface area contributed by atoms with E-state index in [1.165, 1.54) is 0 Å². The van der Waals surface area contributed by atoms with Gasteiger partial charge in [0, 0.05) is 30.7 Å². The van der Waals surface area contributed by atoms with Crippen LogP contribution in [-0.4, -0.2) is 36.4 Å². The van der Waals surface area contributed by atoms with E-state index in [1.54, 1.807) is 6.07 Å². The van der Waals surface area contributed by atoms with Gasteiger partial charge in [0.1, 0.15) is 10.8 Å². The Balaban J connectivity index is 1.41. The lowest BCUT2D eigenvalue weighted by atomic mass is 10.1. The molecule has 4 rings (SSSR count). The van der Waals surface area contributed by atoms with Crippen LogP contribution in [0, 0.1) is 0 Å². The number of amides is 2. The number of carbonyl (C=O) groups excluding carboxylic acids is 2. The lowest BCUT2D eigenvalue weighted by Gasteiger charge is -2.28. The SMILES string of the molecule is O=C1CN(c2ccc(CNC(=O)c3cc4ccccc4c(Cl)n3)cc2)CCN1. The molecule has 1 saturated heterocycles. The van der Waals surface area contributed by atoms with Gasteiger partial charge in [-0.2, -0.15) is 0 Å². The van der Waals surface area contributed by atoms with Gasteiger partial charge in [-0.15, -0.1) is 0 Å². The fraction of sp³-hybridized carbons (Fsp3) is 0.190. The van der Waals surface area contributed by atoms with E-state index in [4.69, 9.17) is 11.6 Å². The number of nitrogens with one attached hydrogen (secondary N) is 2. The summed E-state index contributed by atoms with van der Waals surface area (Å²) in [6.07, 6.45) is 0. The number of hydrogen-bond donors (Lipinski definition) is 2. The molecule has 1 aromatic heterocycles. The molecule has 1 fully saturated rings. The lowest BCUT2D eigenvalue weighted by molar-refractivity contribution is -0.120. The van der Waals surface area contributed by atoms with Gasteiger partial charge in [-0.1, -0.05) is 48.0 Å². The molecule has 0 aliphatic carbocycles. The van der Waals surface area contributed by atoms with Gasteiger partial charge in [-0.25, -0.2) is 4.98 Å². The van der Waals surface area contributed by atoms with Crippen LogP contribution in [-0.2, 0) is 11.3 Å². The van der Waals surface area contributed by atoms with Crippen molar-refractivity contribution < 1.29 is 9.59 Å². The van der Waals surface area contributed by atoms with Crippen LogP contribution in [0.25, 0.3) is 10.8 Å². The summed E-state index contributed by atoms with van der Waals surface area (Å²) >= 11 is 6.20. The van der Waals surface area contributed by atoms with Crippen LogP contribution in [0.5, 0.6) is 0 Å². The van der Waals surface area contributed by atoms with Gasteiger partial charge in [-0.3, -0.25) is 9.59 Å². The van der Waals surface area contributed by atoms with Gasteiger partial charge < -0.3 is 15.5 Å². The number of piperazine rings is 1. The summed E-state index contributed by atoms with van der Waals surface area (Å²) in [5, 5.41) is 7.71. The Kier molecular flexibility index (Phi) is 5.12. The number of hydrogen-bond acceptors (Lipinski definition) is 4. The van der Waals surface area contributed by atoms with Gasteiger partial charge in [0.15, 0.2) is 0 Å². The van der Waals surface area contributed by atoms with Crippen LogP contribution < -0.4 is 15.5 Å². The molecule has 0 spiro atoms. The molecule has 2 N–H and O–H groups in total. The number of nitrogens with zero attached hydrogens (tertiary/aromatic N) is 2. The van der Waals surface area contributed by atoms with E-state index >= 15 is 0 Å². The first kappa shape index (κ1) is 18.3. The molecule has 1 aliphatic heterocycles. The lowest BCUT2D eigenvalue weighted by Crippen LogP contribution is -2.47. The third-order valence-corrected chi connectivity index (χ3v) is 5.01. The number of benzene rings is 2. The standard InChI is InChI=1S/C21H19ClN4O2/c22-20-17-4-2-1-3-15(17)11-18(25-20)21(28)24-12-14-5-7-16(8-6-14)26-10-9-23-19(27)13-26/h1-8,11H,9-10,12-13H2,(H,23,27)(H,24,28). The van der Waals surface area contributed by atoms with E-state index in [9.17, 15) is 9.59 Å². The van der Waals surface area contributed by atoms with Crippen LogP contribution in [0.2, 0.25) is 5.15 Å². The third-order valence-electron chi connectivity index (χ3n) is 4.72. The summed E-state index contributed by atoms with van der Waals surface area (Å²) in [4.78, 5) is 30.2. The highest BCUT2D eigenvalue weighted by Crippen LogP contribution is 2.22. The van der Waals surface area contributed by atoms with Crippen LogP contribution >= 0.6 is 11.6 Å². The van der Waals surface area contributed by atoms with E-state index in [-0.39, 0.29) is 11.8 Å². The summed E-state index contributed by atoms with van der Waals surface area (Å²) in [5.41, 5.74) is 2.25. The highest BCUT2D eigenvalue weighted by atomic mass is 35.5. The van der Waals surface area contributed by atoms with Gasteiger partial charge in [0.25, 0.3) is 5.91 Å². The first-order chi connectivity index (χ1) is 13.6. The maximum absolute atomic E-state index is 12.5. The van der Waals surface area contributed by atoms with Crippen molar-refractivity contribution >= 4 is 39.9 Å². The Bertz CT molecular complexity index is 1040. The molecule has 0 radical (unpaired) electrons.